The Kier molecular flexibility index (Phi) is 4.51. The number of rotatable bonds is 4. The molecular weight excluding hydrogens is 376 g/mol. The number of ether oxygens (including phenoxy) is 1. The van der Waals surface area contributed by atoms with Crippen LogP contribution in [0.4, 0.5) is 23.0 Å². The van der Waals surface area contributed by atoms with Crippen molar-refractivity contribution < 1.29 is 19.7 Å². The number of aromatic hydroxyl groups is 2. The van der Waals surface area contributed by atoms with Crippen LogP contribution in [-0.2, 0) is 0 Å². The zero-order valence-electron chi connectivity index (χ0n) is 15.4. The Morgan fingerprint density at radius 1 is 1.21 bits per heavy atom. The smallest absolute Gasteiger partial charge is 0.251 e. The first-order valence-corrected chi connectivity index (χ1v) is 8.72. The first-order valence-electron chi connectivity index (χ1n) is 8.72. The highest BCUT2D eigenvalue weighted by molar-refractivity contribution is 5.90. The number of nitrogen functional groups attached to an aromatic ring is 1. The summed E-state index contributed by atoms with van der Waals surface area (Å²) < 4.78 is 6.32. The van der Waals surface area contributed by atoms with Gasteiger partial charge < -0.3 is 26.0 Å². The van der Waals surface area contributed by atoms with Gasteiger partial charge in [-0.25, -0.2) is 0 Å². The van der Waals surface area contributed by atoms with Crippen molar-refractivity contribution in [3.63, 3.8) is 0 Å². The molecule has 0 saturated carbocycles. The van der Waals surface area contributed by atoms with E-state index in [2.05, 4.69) is 20.6 Å². The molecule has 29 heavy (non-hydrogen) atoms. The number of aromatic nitrogens is 2. The third-order valence-electron chi connectivity index (χ3n) is 4.53. The molecule has 1 atom stereocenters. The summed E-state index contributed by atoms with van der Waals surface area (Å²) in [6, 6.07) is 10.6. The molecular formula is C19H18N6O4. The van der Waals surface area contributed by atoms with Crippen LogP contribution in [0, 0.1) is 0 Å². The maximum absolute atomic E-state index is 12.6. The van der Waals surface area contributed by atoms with Crippen molar-refractivity contribution in [2.45, 2.75) is 12.5 Å². The molecule has 3 aromatic rings. The molecule has 0 fully saturated rings. The van der Waals surface area contributed by atoms with Crippen LogP contribution in [0.15, 0.2) is 52.7 Å². The molecule has 1 aliphatic rings. The average Bonchev–Trinajstić information content (AvgIpc) is 3.04. The van der Waals surface area contributed by atoms with Crippen LogP contribution in [0.25, 0.3) is 0 Å². The second kappa shape index (κ2) is 7.15. The summed E-state index contributed by atoms with van der Waals surface area (Å²) in [5.41, 5.74) is 7.44. The topological polar surface area (TPSA) is 147 Å². The molecule has 5 N–H and O–H groups in total. The van der Waals surface area contributed by atoms with E-state index in [-0.39, 0.29) is 41.4 Å². The number of methoxy groups -OCH3 is 1. The third kappa shape index (κ3) is 3.43. The Hall–Kier alpha value is -4.08. The monoisotopic (exact) mass is 394 g/mol. The van der Waals surface area contributed by atoms with Gasteiger partial charge in [-0.05, 0) is 42.0 Å². The number of nitrogens with zero attached hydrogens (tertiary/aromatic N) is 4. The number of carbonyl (C=O) groups excluding carboxylic acids is 1. The molecule has 0 amide bonds. The number of hydrogen-bond acceptors (Lipinski definition) is 9. The van der Waals surface area contributed by atoms with Gasteiger partial charge in [0.15, 0.2) is 28.8 Å². The molecule has 1 unspecified atom stereocenters. The van der Waals surface area contributed by atoms with E-state index in [1.54, 1.807) is 24.3 Å². The van der Waals surface area contributed by atoms with Gasteiger partial charge in [0.25, 0.3) is 5.91 Å². The minimum Gasteiger partial charge on any atom is -0.508 e. The van der Waals surface area contributed by atoms with Crippen molar-refractivity contribution in [3.05, 3.63) is 48.0 Å². The van der Waals surface area contributed by atoms with Crippen molar-refractivity contribution in [2.75, 3.05) is 18.2 Å². The zero-order chi connectivity index (χ0) is 20.5. The quantitative estimate of drug-likeness (QED) is 0.495. The predicted octanol–water partition coefficient (Wildman–Crippen LogP) is 3.50. The fourth-order valence-electron chi connectivity index (χ4n) is 3.05. The van der Waals surface area contributed by atoms with E-state index in [1.807, 2.05) is 0 Å². The minimum absolute atomic E-state index is 0.0102. The third-order valence-corrected chi connectivity index (χ3v) is 4.53. The lowest BCUT2D eigenvalue weighted by atomic mass is 10.0. The molecule has 2 heterocycles. The highest BCUT2D eigenvalue weighted by Gasteiger charge is 2.31. The van der Waals surface area contributed by atoms with Gasteiger partial charge in [0.1, 0.15) is 5.75 Å². The van der Waals surface area contributed by atoms with Gasteiger partial charge in [-0.15, -0.1) is 10.2 Å². The first-order chi connectivity index (χ1) is 14.0. The van der Waals surface area contributed by atoms with Crippen molar-refractivity contribution in [1.29, 1.82) is 0 Å². The van der Waals surface area contributed by atoms with Crippen LogP contribution in [0.5, 0.6) is 17.2 Å². The number of carbonyl (C=O) groups is 1. The molecule has 0 aliphatic carbocycles. The molecule has 148 valence electrons. The first kappa shape index (κ1) is 18.3. The van der Waals surface area contributed by atoms with E-state index in [4.69, 9.17) is 10.5 Å². The minimum atomic E-state index is -0.386. The van der Waals surface area contributed by atoms with Crippen molar-refractivity contribution >= 4 is 28.9 Å². The highest BCUT2D eigenvalue weighted by atomic mass is 16.5. The Morgan fingerprint density at radius 2 is 1.97 bits per heavy atom. The molecule has 10 nitrogen and oxygen atoms in total. The summed E-state index contributed by atoms with van der Waals surface area (Å²) in [7, 11) is 1.45. The maximum atomic E-state index is 12.6. The van der Waals surface area contributed by atoms with Gasteiger partial charge in [-0.3, -0.25) is 4.79 Å². The van der Waals surface area contributed by atoms with Gasteiger partial charge in [0.05, 0.1) is 25.3 Å². The Bertz CT molecular complexity index is 1110. The average molecular weight is 394 g/mol. The van der Waals surface area contributed by atoms with Crippen LogP contribution in [0.1, 0.15) is 22.8 Å². The van der Waals surface area contributed by atoms with Crippen LogP contribution in [0.3, 0.4) is 0 Å². The molecule has 0 bridgehead atoms. The summed E-state index contributed by atoms with van der Waals surface area (Å²) in [5.74, 6) is 0.573. The molecule has 10 heteroatoms. The predicted molar refractivity (Wildman–Crippen MR) is 105 cm³/mol. The van der Waals surface area contributed by atoms with E-state index in [9.17, 15) is 15.0 Å². The lowest BCUT2D eigenvalue weighted by molar-refractivity contribution is 0.0873. The number of hydrogen-bond donors (Lipinski definition) is 4. The number of phenols is 2. The van der Waals surface area contributed by atoms with Crippen molar-refractivity contribution in [1.82, 2.24) is 9.78 Å². The summed E-state index contributed by atoms with van der Waals surface area (Å²) in [4.78, 5) is 12.6. The van der Waals surface area contributed by atoms with Crippen LogP contribution >= 0.6 is 0 Å². The van der Waals surface area contributed by atoms with Crippen LogP contribution in [-0.4, -0.2) is 33.0 Å². The van der Waals surface area contributed by atoms with E-state index in [1.165, 1.54) is 30.0 Å². The second-order valence-electron chi connectivity index (χ2n) is 6.44. The van der Waals surface area contributed by atoms with Crippen molar-refractivity contribution in [3.8, 4) is 17.2 Å². The van der Waals surface area contributed by atoms with Gasteiger partial charge in [-0.2, -0.15) is 9.80 Å². The summed E-state index contributed by atoms with van der Waals surface area (Å²) >= 11 is 0. The Labute approximate surface area is 165 Å². The van der Waals surface area contributed by atoms with Gasteiger partial charge in [-0.1, -0.05) is 6.07 Å². The molecule has 4 rings (SSSR count). The van der Waals surface area contributed by atoms with E-state index in [0.717, 1.165) is 5.56 Å². The van der Waals surface area contributed by atoms with Gasteiger partial charge in [0, 0.05) is 0 Å². The van der Waals surface area contributed by atoms with Crippen LogP contribution in [0.2, 0.25) is 0 Å². The number of nitrogens with one attached hydrogen (secondary N) is 1. The Balaban J connectivity index is 1.68. The molecule has 1 aliphatic heterocycles. The number of nitrogens with two attached hydrogens (primary N) is 1. The largest absolute Gasteiger partial charge is 0.508 e. The normalized spacial score (nSPS) is 15.9. The molecule has 0 saturated heterocycles. The number of fused-ring (bicyclic) bond motifs is 1. The zero-order valence-corrected chi connectivity index (χ0v) is 15.4. The number of benzene rings is 2. The van der Waals surface area contributed by atoms with Gasteiger partial charge >= 0.3 is 0 Å². The van der Waals surface area contributed by atoms with E-state index in [0.29, 0.717) is 17.3 Å². The standard InChI is InChI=1S/C19H18N6O4/c1-29-15-8-10(2-7-14(15)27)13-9-16(28)25-19(21-13)17(18(20)24-25)23-22-11-3-5-12(26)6-4-11/h2-8,13,21,26-27H,9H2,1H3,(H2,20,24). The molecule has 2 aromatic carbocycles. The number of azo groups is 1. The molecule has 0 spiro atoms. The SMILES string of the molecule is COc1cc(C2CC(=O)n3nc(N)c(N=Nc4ccc(O)cc4)c3N2)ccc1O. The number of phenolic OH excluding ortho intramolecular Hbond substituents is 2. The summed E-state index contributed by atoms with van der Waals surface area (Å²) in [6.45, 7) is 0. The molecule has 1 aromatic heterocycles. The van der Waals surface area contributed by atoms with Crippen LogP contribution < -0.4 is 15.8 Å². The lowest BCUT2D eigenvalue weighted by Crippen LogP contribution is -2.28. The summed E-state index contributed by atoms with van der Waals surface area (Å²) in [5, 5.41) is 34.7. The number of anilines is 2. The van der Waals surface area contributed by atoms with Gasteiger partial charge in [0.2, 0.25) is 0 Å². The fraction of sp³-hybridized carbons (Fsp3) is 0.158. The second-order valence-corrected chi connectivity index (χ2v) is 6.44. The lowest BCUT2D eigenvalue weighted by Gasteiger charge is -2.25. The van der Waals surface area contributed by atoms with Crippen molar-refractivity contribution in [2.24, 2.45) is 10.2 Å². The Morgan fingerprint density at radius 3 is 2.69 bits per heavy atom. The summed E-state index contributed by atoms with van der Waals surface area (Å²) in [6.07, 6.45) is 0.136. The fourth-order valence-corrected chi connectivity index (χ4v) is 3.05. The van der Waals surface area contributed by atoms with E-state index >= 15 is 0 Å². The maximum Gasteiger partial charge on any atom is 0.251 e. The highest BCUT2D eigenvalue weighted by Crippen LogP contribution is 2.40. The molecule has 0 radical (unpaired) electrons. The van der Waals surface area contributed by atoms with E-state index < -0.39 is 0 Å².